The van der Waals surface area contributed by atoms with E-state index in [2.05, 4.69) is 11.2 Å². The van der Waals surface area contributed by atoms with E-state index >= 15 is 0 Å². The summed E-state index contributed by atoms with van der Waals surface area (Å²) in [6, 6.07) is 8.06. The van der Waals surface area contributed by atoms with Gasteiger partial charge in [0.2, 0.25) is 0 Å². The van der Waals surface area contributed by atoms with E-state index in [1.54, 1.807) is 16.6 Å². The Hall–Kier alpha value is -2.83. The first kappa shape index (κ1) is 19.5. The van der Waals surface area contributed by atoms with Crippen LogP contribution in [-0.4, -0.2) is 45.4 Å². The van der Waals surface area contributed by atoms with Crippen molar-refractivity contribution in [3.63, 3.8) is 0 Å². The number of para-hydroxylation sites is 1. The van der Waals surface area contributed by atoms with Crippen molar-refractivity contribution >= 4 is 17.7 Å². The third-order valence-electron chi connectivity index (χ3n) is 5.41. The smallest absolute Gasteiger partial charge is 0.410 e. The molecule has 0 fully saturated rings. The number of amides is 2. The van der Waals surface area contributed by atoms with Crippen molar-refractivity contribution in [2.45, 2.75) is 52.2 Å². The minimum atomic E-state index is -0.553. The molecular formula is C22H28N4O3. The minimum absolute atomic E-state index is 0.0561. The number of carbonyl (C=O) groups excluding carboxylic acids is 2. The summed E-state index contributed by atoms with van der Waals surface area (Å²) in [7, 11) is 1.80. The molecule has 1 aromatic carbocycles. The van der Waals surface area contributed by atoms with E-state index in [-0.39, 0.29) is 12.0 Å². The van der Waals surface area contributed by atoms with Crippen molar-refractivity contribution in [1.29, 1.82) is 0 Å². The van der Waals surface area contributed by atoms with Gasteiger partial charge in [0, 0.05) is 37.8 Å². The van der Waals surface area contributed by atoms with Crippen LogP contribution >= 0.6 is 0 Å². The van der Waals surface area contributed by atoms with Crippen LogP contribution in [-0.2, 0) is 31.2 Å². The standard InChI is InChI=1S/C22H28N4O3/c1-22(2,3)29-21(28)25-13-11-17-16(14-25)19(24(4)23-17)20(27)26-12-7-9-15-8-5-6-10-18(15)26/h5-6,8,10H,7,9,11-14H2,1-4H3. The number of rotatable bonds is 1. The van der Waals surface area contributed by atoms with Gasteiger partial charge in [-0.1, -0.05) is 18.2 Å². The number of hydrogen-bond donors (Lipinski definition) is 0. The van der Waals surface area contributed by atoms with Gasteiger partial charge in [0.05, 0.1) is 12.2 Å². The second-order valence-electron chi connectivity index (χ2n) is 8.74. The molecule has 7 nitrogen and oxygen atoms in total. The fourth-order valence-electron chi connectivity index (χ4n) is 4.12. The van der Waals surface area contributed by atoms with Gasteiger partial charge in [-0.25, -0.2) is 4.79 Å². The van der Waals surface area contributed by atoms with Crippen LogP contribution in [0, 0.1) is 0 Å². The van der Waals surface area contributed by atoms with Gasteiger partial charge in [0.1, 0.15) is 11.3 Å². The molecule has 0 unspecified atom stereocenters. The first-order valence-electron chi connectivity index (χ1n) is 10.2. The van der Waals surface area contributed by atoms with Crippen molar-refractivity contribution < 1.29 is 14.3 Å². The Balaban J connectivity index is 1.64. The maximum Gasteiger partial charge on any atom is 0.410 e. The number of fused-ring (bicyclic) bond motifs is 2. The van der Waals surface area contributed by atoms with Gasteiger partial charge in [-0.15, -0.1) is 0 Å². The summed E-state index contributed by atoms with van der Waals surface area (Å²) in [5, 5.41) is 4.58. The molecule has 0 saturated carbocycles. The maximum absolute atomic E-state index is 13.6. The fraction of sp³-hybridized carbons (Fsp3) is 0.500. The molecule has 7 heteroatoms. The van der Waals surface area contributed by atoms with Crippen LogP contribution in [0.3, 0.4) is 0 Å². The lowest BCUT2D eigenvalue weighted by atomic mass is 10.00. The van der Waals surface area contributed by atoms with Crippen LogP contribution in [0.2, 0.25) is 0 Å². The predicted molar refractivity (Wildman–Crippen MR) is 110 cm³/mol. The minimum Gasteiger partial charge on any atom is -0.444 e. The third-order valence-corrected chi connectivity index (χ3v) is 5.41. The van der Waals surface area contributed by atoms with Crippen molar-refractivity contribution in [3.8, 4) is 0 Å². The first-order chi connectivity index (χ1) is 13.7. The average molecular weight is 396 g/mol. The topological polar surface area (TPSA) is 67.7 Å². The molecule has 2 amide bonds. The molecule has 29 heavy (non-hydrogen) atoms. The normalized spacial score (nSPS) is 16.3. The molecule has 0 bridgehead atoms. The summed E-state index contributed by atoms with van der Waals surface area (Å²) in [5.41, 5.74) is 3.89. The highest BCUT2D eigenvalue weighted by atomic mass is 16.6. The Labute approximate surface area is 171 Å². The van der Waals surface area contributed by atoms with E-state index < -0.39 is 5.60 Å². The van der Waals surface area contributed by atoms with Crippen LogP contribution in [0.5, 0.6) is 0 Å². The maximum atomic E-state index is 13.6. The lowest BCUT2D eigenvalue weighted by Gasteiger charge is -2.31. The summed E-state index contributed by atoms with van der Waals surface area (Å²) in [4.78, 5) is 29.6. The van der Waals surface area contributed by atoms with Crippen molar-refractivity contribution in [1.82, 2.24) is 14.7 Å². The molecule has 1 aromatic heterocycles. The Bertz CT molecular complexity index is 957. The number of anilines is 1. The van der Waals surface area contributed by atoms with E-state index in [4.69, 9.17) is 4.74 Å². The van der Waals surface area contributed by atoms with E-state index in [0.717, 1.165) is 29.8 Å². The van der Waals surface area contributed by atoms with E-state index in [9.17, 15) is 9.59 Å². The van der Waals surface area contributed by atoms with Crippen LogP contribution in [0.25, 0.3) is 0 Å². The number of ether oxygens (including phenoxy) is 1. The zero-order valence-electron chi connectivity index (χ0n) is 17.6. The Morgan fingerprint density at radius 3 is 2.62 bits per heavy atom. The second-order valence-corrected chi connectivity index (χ2v) is 8.74. The fourth-order valence-corrected chi connectivity index (χ4v) is 4.12. The monoisotopic (exact) mass is 396 g/mol. The molecular weight excluding hydrogens is 368 g/mol. The number of aryl methyl sites for hydroxylation is 2. The predicted octanol–water partition coefficient (Wildman–Crippen LogP) is 3.31. The van der Waals surface area contributed by atoms with Crippen LogP contribution < -0.4 is 4.90 Å². The van der Waals surface area contributed by atoms with E-state index in [1.807, 2.05) is 43.9 Å². The Morgan fingerprint density at radius 2 is 1.86 bits per heavy atom. The summed E-state index contributed by atoms with van der Waals surface area (Å²) in [5.74, 6) is -0.0561. The largest absolute Gasteiger partial charge is 0.444 e. The highest BCUT2D eigenvalue weighted by Crippen LogP contribution is 2.30. The highest BCUT2D eigenvalue weighted by molar-refractivity contribution is 6.06. The molecule has 2 aliphatic heterocycles. The summed E-state index contributed by atoms with van der Waals surface area (Å²) in [6.07, 6.45) is 2.18. The molecule has 2 aliphatic rings. The molecule has 0 radical (unpaired) electrons. The van der Waals surface area contributed by atoms with Crippen molar-refractivity contribution in [2.24, 2.45) is 7.05 Å². The molecule has 0 aliphatic carbocycles. The van der Waals surface area contributed by atoms with Gasteiger partial charge in [0.25, 0.3) is 5.91 Å². The summed E-state index contributed by atoms with van der Waals surface area (Å²) < 4.78 is 7.20. The number of aromatic nitrogens is 2. The zero-order chi connectivity index (χ0) is 20.8. The summed E-state index contributed by atoms with van der Waals surface area (Å²) >= 11 is 0. The van der Waals surface area contributed by atoms with Crippen molar-refractivity contribution in [2.75, 3.05) is 18.0 Å². The van der Waals surface area contributed by atoms with Gasteiger partial charge in [0.15, 0.2) is 0 Å². The summed E-state index contributed by atoms with van der Waals surface area (Å²) in [6.45, 7) is 7.13. The number of benzene rings is 1. The van der Waals surface area contributed by atoms with Gasteiger partial charge in [-0.05, 0) is 45.2 Å². The zero-order valence-corrected chi connectivity index (χ0v) is 17.6. The number of hydrogen-bond acceptors (Lipinski definition) is 4. The lowest BCUT2D eigenvalue weighted by molar-refractivity contribution is 0.0222. The molecule has 0 spiro atoms. The lowest BCUT2D eigenvalue weighted by Crippen LogP contribution is -2.41. The molecule has 0 N–H and O–H groups in total. The Kier molecular flexibility index (Phi) is 4.84. The average Bonchev–Trinajstić information content (AvgIpc) is 3.00. The quantitative estimate of drug-likeness (QED) is 0.742. The molecule has 3 heterocycles. The van der Waals surface area contributed by atoms with E-state index in [0.29, 0.717) is 31.7 Å². The van der Waals surface area contributed by atoms with Crippen molar-refractivity contribution in [3.05, 3.63) is 46.8 Å². The van der Waals surface area contributed by atoms with Crippen LogP contribution in [0.4, 0.5) is 10.5 Å². The number of nitrogens with zero attached hydrogens (tertiary/aromatic N) is 4. The SMILES string of the molecule is Cn1nc2c(c1C(=O)N1CCCc3ccccc31)CN(C(=O)OC(C)(C)C)CC2. The molecule has 4 rings (SSSR count). The molecule has 0 atom stereocenters. The number of carbonyl (C=O) groups is 2. The molecule has 0 saturated heterocycles. The van der Waals surface area contributed by atoms with Gasteiger partial charge in [-0.2, -0.15) is 5.10 Å². The second kappa shape index (κ2) is 7.21. The van der Waals surface area contributed by atoms with E-state index in [1.165, 1.54) is 5.56 Å². The van der Waals surface area contributed by atoms with Gasteiger partial charge >= 0.3 is 6.09 Å². The first-order valence-corrected chi connectivity index (χ1v) is 10.2. The van der Waals surface area contributed by atoms with Crippen LogP contribution in [0.1, 0.15) is 54.5 Å². The van der Waals surface area contributed by atoms with Gasteiger partial charge in [-0.3, -0.25) is 9.48 Å². The van der Waals surface area contributed by atoms with Crippen LogP contribution in [0.15, 0.2) is 24.3 Å². The molecule has 2 aromatic rings. The molecule has 154 valence electrons. The van der Waals surface area contributed by atoms with Gasteiger partial charge < -0.3 is 14.5 Å². The highest BCUT2D eigenvalue weighted by Gasteiger charge is 2.34. The Morgan fingerprint density at radius 1 is 1.10 bits per heavy atom. The third kappa shape index (κ3) is 3.73.